The van der Waals surface area contributed by atoms with Crippen molar-refractivity contribution in [3.63, 3.8) is 0 Å². The average molecular weight is 311 g/mol. The van der Waals surface area contributed by atoms with Crippen LogP contribution >= 0.6 is 0 Å². The first-order chi connectivity index (χ1) is 11.2. The van der Waals surface area contributed by atoms with Gasteiger partial charge in [0.15, 0.2) is 5.79 Å². The van der Waals surface area contributed by atoms with Gasteiger partial charge in [-0.1, -0.05) is 30.3 Å². The molecular formula is C19H21NO3. The molecule has 2 aliphatic rings. The van der Waals surface area contributed by atoms with Crippen LogP contribution in [0.3, 0.4) is 0 Å². The molecule has 120 valence electrons. The standard InChI is InChI=1S/C19H21NO3/c21-18(16-8-7-14-5-1-2-6-15(14)11-16)20-12-17-13-22-19(23-17)9-3-4-10-19/h1-2,5-8,11,17H,3-4,9-10,12-13H2,(H,20,21)/t17-/m0/s1. The number of nitrogens with one attached hydrogen (secondary N) is 1. The SMILES string of the molecule is O=C(NC[C@H]1COC2(CCCC2)O1)c1ccc2ccccc2c1. The van der Waals surface area contributed by atoms with Crippen LogP contribution in [-0.2, 0) is 9.47 Å². The topological polar surface area (TPSA) is 47.6 Å². The van der Waals surface area contributed by atoms with Crippen molar-refractivity contribution in [2.24, 2.45) is 0 Å². The number of rotatable bonds is 3. The number of hydrogen-bond acceptors (Lipinski definition) is 3. The third-order valence-corrected chi connectivity index (χ3v) is 4.78. The minimum Gasteiger partial charge on any atom is -0.349 e. The number of carbonyl (C=O) groups excluding carboxylic acids is 1. The van der Waals surface area contributed by atoms with Gasteiger partial charge >= 0.3 is 0 Å². The summed E-state index contributed by atoms with van der Waals surface area (Å²) in [7, 11) is 0. The summed E-state index contributed by atoms with van der Waals surface area (Å²) in [6.45, 7) is 1.06. The highest BCUT2D eigenvalue weighted by molar-refractivity contribution is 5.98. The predicted octanol–water partition coefficient (Wildman–Crippen LogP) is 3.26. The predicted molar refractivity (Wildman–Crippen MR) is 88.3 cm³/mol. The minimum atomic E-state index is -0.363. The van der Waals surface area contributed by atoms with Crippen molar-refractivity contribution in [2.45, 2.75) is 37.6 Å². The molecule has 0 bridgehead atoms. The van der Waals surface area contributed by atoms with Gasteiger partial charge in [0.05, 0.1) is 6.61 Å². The molecule has 23 heavy (non-hydrogen) atoms. The Morgan fingerprint density at radius 2 is 1.91 bits per heavy atom. The first-order valence-corrected chi connectivity index (χ1v) is 8.33. The third kappa shape index (κ3) is 2.96. The molecule has 1 aliphatic carbocycles. The van der Waals surface area contributed by atoms with E-state index in [0.717, 1.165) is 36.5 Å². The fourth-order valence-corrected chi connectivity index (χ4v) is 3.53. The van der Waals surface area contributed by atoms with E-state index in [1.54, 1.807) is 0 Å². The van der Waals surface area contributed by atoms with E-state index in [4.69, 9.17) is 9.47 Å². The van der Waals surface area contributed by atoms with Crippen LogP contribution in [0.4, 0.5) is 0 Å². The third-order valence-electron chi connectivity index (χ3n) is 4.78. The van der Waals surface area contributed by atoms with Crippen LogP contribution in [0.15, 0.2) is 42.5 Å². The van der Waals surface area contributed by atoms with E-state index in [-0.39, 0.29) is 17.8 Å². The van der Waals surface area contributed by atoms with Gasteiger partial charge in [0.1, 0.15) is 6.10 Å². The highest BCUT2D eigenvalue weighted by Gasteiger charge is 2.43. The van der Waals surface area contributed by atoms with E-state index in [2.05, 4.69) is 5.32 Å². The van der Waals surface area contributed by atoms with Crippen LogP contribution in [0.2, 0.25) is 0 Å². The molecule has 4 heteroatoms. The van der Waals surface area contributed by atoms with E-state index in [9.17, 15) is 4.79 Å². The fourth-order valence-electron chi connectivity index (χ4n) is 3.53. The molecule has 2 aromatic rings. The normalized spacial score (nSPS) is 22.7. The second-order valence-electron chi connectivity index (χ2n) is 6.44. The van der Waals surface area contributed by atoms with Crippen LogP contribution in [0.1, 0.15) is 36.0 Å². The van der Waals surface area contributed by atoms with Gasteiger partial charge < -0.3 is 14.8 Å². The van der Waals surface area contributed by atoms with E-state index >= 15 is 0 Å². The summed E-state index contributed by atoms with van der Waals surface area (Å²) >= 11 is 0. The Morgan fingerprint density at radius 1 is 1.13 bits per heavy atom. The Bertz CT molecular complexity index is 721. The zero-order valence-corrected chi connectivity index (χ0v) is 13.1. The van der Waals surface area contributed by atoms with Crippen molar-refractivity contribution >= 4 is 16.7 Å². The quantitative estimate of drug-likeness (QED) is 0.946. The molecule has 4 rings (SSSR count). The van der Waals surface area contributed by atoms with Gasteiger partial charge in [-0.2, -0.15) is 0 Å². The van der Waals surface area contributed by atoms with Gasteiger partial charge in [0.2, 0.25) is 0 Å². The van der Waals surface area contributed by atoms with Crippen molar-refractivity contribution < 1.29 is 14.3 Å². The lowest BCUT2D eigenvalue weighted by molar-refractivity contribution is -0.161. The molecule has 1 saturated heterocycles. The largest absolute Gasteiger partial charge is 0.349 e. The number of fused-ring (bicyclic) bond motifs is 1. The van der Waals surface area contributed by atoms with Crippen molar-refractivity contribution in [2.75, 3.05) is 13.2 Å². The van der Waals surface area contributed by atoms with Crippen molar-refractivity contribution in [1.82, 2.24) is 5.32 Å². The maximum Gasteiger partial charge on any atom is 0.251 e. The Balaban J connectivity index is 1.38. The van der Waals surface area contributed by atoms with Crippen LogP contribution < -0.4 is 5.32 Å². The average Bonchev–Trinajstić information content (AvgIpc) is 3.22. The molecule has 2 fully saturated rings. The van der Waals surface area contributed by atoms with Crippen LogP contribution in [0.5, 0.6) is 0 Å². The number of benzene rings is 2. The van der Waals surface area contributed by atoms with Crippen LogP contribution in [0.25, 0.3) is 10.8 Å². The summed E-state index contributed by atoms with van der Waals surface area (Å²) in [5.41, 5.74) is 0.679. The molecule has 1 saturated carbocycles. The maximum atomic E-state index is 12.4. The Hall–Kier alpha value is -1.91. The lowest BCUT2D eigenvalue weighted by Gasteiger charge is -2.21. The Kier molecular flexibility index (Phi) is 3.79. The molecule has 0 radical (unpaired) electrons. The smallest absolute Gasteiger partial charge is 0.251 e. The van der Waals surface area contributed by atoms with Crippen LogP contribution in [0, 0.1) is 0 Å². The van der Waals surface area contributed by atoms with Crippen LogP contribution in [-0.4, -0.2) is 30.9 Å². The zero-order chi connectivity index (χ0) is 15.7. The summed E-state index contributed by atoms with van der Waals surface area (Å²) in [6.07, 6.45) is 4.23. The zero-order valence-electron chi connectivity index (χ0n) is 13.1. The number of hydrogen-bond donors (Lipinski definition) is 1. The fraction of sp³-hybridized carbons (Fsp3) is 0.421. The van der Waals surface area contributed by atoms with Gasteiger partial charge in [-0.05, 0) is 35.7 Å². The summed E-state index contributed by atoms with van der Waals surface area (Å²) < 4.78 is 11.9. The van der Waals surface area contributed by atoms with Crippen molar-refractivity contribution in [3.8, 4) is 0 Å². The van der Waals surface area contributed by atoms with Gasteiger partial charge in [-0.3, -0.25) is 4.79 Å². The van der Waals surface area contributed by atoms with E-state index in [1.807, 2.05) is 42.5 Å². The number of carbonyl (C=O) groups is 1. The minimum absolute atomic E-state index is 0.0440. The van der Waals surface area contributed by atoms with Gasteiger partial charge in [-0.25, -0.2) is 0 Å². The molecule has 2 aromatic carbocycles. The lowest BCUT2D eigenvalue weighted by atomic mass is 10.1. The monoisotopic (exact) mass is 311 g/mol. The van der Waals surface area contributed by atoms with E-state index < -0.39 is 0 Å². The molecule has 1 atom stereocenters. The van der Waals surface area contributed by atoms with E-state index in [1.165, 1.54) is 0 Å². The van der Waals surface area contributed by atoms with Crippen molar-refractivity contribution in [3.05, 3.63) is 48.0 Å². The Labute approximate surface area is 135 Å². The molecule has 1 amide bonds. The number of ether oxygens (including phenoxy) is 2. The van der Waals surface area contributed by atoms with Gasteiger partial charge in [0.25, 0.3) is 5.91 Å². The van der Waals surface area contributed by atoms with Gasteiger partial charge in [0, 0.05) is 24.9 Å². The Morgan fingerprint density at radius 3 is 2.74 bits per heavy atom. The molecule has 1 heterocycles. The molecule has 0 unspecified atom stereocenters. The molecule has 1 spiro atoms. The second kappa shape index (κ2) is 5.95. The lowest BCUT2D eigenvalue weighted by Crippen LogP contribution is -2.35. The maximum absolute atomic E-state index is 12.4. The number of amides is 1. The molecule has 1 N–H and O–H groups in total. The molecule has 4 nitrogen and oxygen atoms in total. The summed E-state index contributed by atoms with van der Waals surface area (Å²) in [5.74, 6) is -0.426. The first-order valence-electron chi connectivity index (χ1n) is 8.33. The highest BCUT2D eigenvalue weighted by atomic mass is 16.7. The molecule has 1 aliphatic heterocycles. The second-order valence-corrected chi connectivity index (χ2v) is 6.44. The van der Waals surface area contributed by atoms with E-state index in [0.29, 0.717) is 18.7 Å². The summed E-state index contributed by atoms with van der Waals surface area (Å²) in [5, 5.41) is 5.18. The summed E-state index contributed by atoms with van der Waals surface area (Å²) in [6, 6.07) is 13.8. The first kappa shape index (κ1) is 14.7. The highest BCUT2D eigenvalue weighted by Crippen LogP contribution is 2.38. The molecule has 0 aromatic heterocycles. The molecular weight excluding hydrogens is 290 g/mol. The summed E-state index contributed by atoms with van der Waals surface area (Å²) in [4.78, 5) is 12.4. The van der Waals surface area contributed by atoms with Crippen molar-refractivity contribution in [1.29, 1.82) is 0 Å². The van der Waals surface area contributed by atoms with Gasteiger partial charge in [-0.15, -0.1) is 0 Å².